The lowest BCUT2D eigenvalue weighted by molar-refractivity contribution is -0.340. The van der Waals surface area contributed by atoms with Crippen molar-refractivity contribution in [3.63, 3.8) is 0 Å². The molecule has 70 heteroatoms. The fraction of sp³-hybridized carbons (Fsp3) is 0.721. The van der Waals surface area contributed by atoms with Crippen molar-refractivity contribution in [1.82, 2.24) is 35.6 Å². The van der Waals surface area contributed by atoms with Crippen molar-refractivity contribution in [1.29, 1.82) is 0 Å². The Hall–Kier alpha value is -6.63. The Morgan fingerprint density at radius 2 is 0.848 bits per heavy atom. The molecule has 0 radical (unpaired) electrons. The number of unbranched alkanes of at least 4 members (excludes halogenated alkanes) is 1. The van der Waals surface area contributed by atoms with Crippen LogP contribution in [-0.4, -0.2) is 471 Å². The van der Waals surface area contributed by atoms with E-state index in [1.54, 1.807) is 21.6 Å². The Labute approximate surface area is 792 Å². The SMILES string of the molecule is CO[C@H]1C(COS(=O)(=O)O)O[C@H](O[C@@H]2C(C(=O)O)O[C@@H](OCC(O)[C@@H](O)[C@@H](O)C(O)CNc3ccc(C(=O)NCCN(CCNC(=O)c4ccc(NCC(O)[C@H](O)[C@H](O)C(O)CO[C@@H]5OC(C(=O)O)[C@@H](O[C@H]6OC(COS(=O)(=O)O)[C@H](OC)[C@@H](O)C6NS(=O)(=O)O)[C@@H](O)C5OS(=O)(=O)O)cc4)C(=O)CNC(=O)CNC(=O)CCCCC4CCSS4)cc3)C(OS(=O)(=O)O)[C@@H]2O)C(NS(=O)(=O)O)[C@@H]1O. The minimum absolute atomic E-state index is 0.0109. The molecule has 5 heterocycles. The number of aliphatic hydroxyl groups is 12. The lowest BCUT2D eigenvalue weighted by Gasteiger charge is -2.47. The lowest BCUT2D eigenvalue weighted by Crippen LogP contribution is -2.68. The highest BCUT2D eigenvalue weighted by Crippen LogP contribution is 2.41. The zero-order valence-corrected chi connectivity index (χ0v) is 78.3. The topological polar surface area (TPSA) is 958 Å². The van der Waals surface area contributed by atoms with Gasteiger partial charge in [-0.2, -0.15) is 60.0 Å². The van der Waals surface area contributed by atoms with Gasteiger partial charge in [-0.15, -0.1) is 0 Å². The van der Waals surface area contributed by atoms with Crippen molar-refractivity contribution in [2.45, 2.75) is 209 Å². The molecule has 28 N–H and O–H groups in total. The standard InChI is InChI=1S/C68H107N9O53S8/c1-117-53-38(27-121-135(105,106)107)123-65(43(49(53)89)75-133(99,100)101)125-55-51(91)57(129-137(111,112)113)67(127-59(55)63(95)96)119-25-36(80)47(87)45(85)34(78)21-71-31-11-7-29(8-12-31)61(93)69-16-18-77(42(84)24-74-41(83)23-73-40(82)6-4-3-5-33-15-20-131-132-33)19-17-70-62(94)30-9-13-32(14-10-30)72-22-35(79)46(86)48(88)37(81)26-120-68-58(130-138(114,115)116)52(92)56(60(128-68)64(97)98)126-66-44(76-134(102,103)104)50(90)54(118-2)39(124-66)28-122-136(108,109)110/h7-14,33-39,43-60,65-68,71-72,75-76,78-81,85-92H,3-6,15-28H2,1-2H3,(H,69,93)(H,70,94)(H,73,82)(H,74,83)(H,95,96)(H,97,98)(H,99,100,101)(H,102,103,104)(H,105,106,107)(H,108,109,110)(H,111,112,113)(H,114,115,116)/t33?,34?,35?,36?,37?,38?,39?,43?,44?,45-,46-,47+,48+,49-,50-,51+,52+,53-,54-,55-,56-,57?,58?,59?,60?,65+,66+,67+,68+/m0/s1. The molecule has 5 saturated heterocycles. The maximum atomic E-state index is 13.8. The van der Waals surface area contributed by atoms with Crippen LogP contribution in [0.3, 0.4) is 0 Å². The van der Waals surface area contributed by atoms with Crippen LogP contribution in [0.4, 0.5) is 11.4 Å². The largest absolute Gasteiger partial charge is 0.479 e. The van der Waals surface area contributed by atoms with Gasteiger partial charge in [0.05, 0.1) is 51.7 Å². The fourth-order valence-corrected chi connectivity index (χ4v) is 19.7. The Kier molecular flexibility index (Phi) is 45.7. The number of carboxylic acids is 2. The third kappa shape index (κ3) is 37.8. The lowest BCUT2D eigenvalue weighted by atomic mass is 9.95. The Balaban J connectivity index is 0.911. The van der Waals surface area contributed by atoms with E-state index >= 15 is 0 Å². The van der Waals surface area contributed by atoms with E-state index in [9.17, 15) is 174 Å². The molecule has 0 spiro atoms. The highest BCUT2D eigenvalue weighted by Gasteiger charge is 2.59. The summed E-state index contributed by atoms with van der Waals surface area (Å²) in [5.74, 6) is -6.58. The number of aliphatic carboxylic acids is 2. The second kappa shape index (κ2) is 53.3. The number of carbonyl (C=O) groups excluding carboxylic acids is 5. The highest BCUT2D eigenvalue weighted by atomic mass is 33.1. The van der Waals surface area contributed by atoms with Gasteiger partial charge in [0.25, 0.3) is 11.8 Å². The van der Waals surface area contributed by atoms with Crippen LogP contribution in [0.1, 0.15) is 52.8 Å². The summed E-state index contributed by atoms with van der Waals surface area (Å²) in [5, 5.41) is 168. The van der Waals surface area contributed by atoms with E-state index in [4.69, 9.17) is 56.5 Å². The van der Waals surface area contributed by atoms with Gasteiger partial charge < -0.3 is 156 Å². The first-order chi connectivity index (χ1) is 64.3. The maximum Gasteiger partial charge on any atom is 0.397 e. The van der Waals surface area contributed by atoms with Gasteiger partial charge in [-0.1, -0.05) is 28.0 Å². The molecule has 0 aliphatic carbocycles. The number of carboxylic acid groups (broad SMARTS) is 2. The summed E-state index contributed by atoms with van der Waals surface area (Å²) in [5.41, 5.74) is 0.266. The van der Waals surface area contributed by atoms with E-state index in [1.165, 1.54) is 58.0 Å². The number of rotatable bonds is 57. The van der Waals surface area contributed by atoms with Gasteiger partial charge in [-0.05, 0) is 67.8 Å². The molecule has 62 nitrogen and oxygen atoms in total. The predicted molar refractivity (Wildman–Crippen MR) is 454 cm³/mol. The zero-order chi connectivity index (χ0) is 103. The Morgan fingerprint density at radius 1 is 0.464 bits per heavy atom. The Bertz CT molecular complexity index is 4760. The third-order valence-corrected chi connectivity index (χ3v) is 26.7. The number of ether oxygens (including phenoxy) is 10. The number of hydrogen-bond acceptors (Lipinski definition) is 49. The van der Waals surface area contributed by atoms with Crippen LogP contribution >= 0.6 is 21.6 Å². The number of hydrogen-bond donors (Lipinski definition) is 28. The van der Waals surface area contributed by atoms with E-state index < -0.39 is 328 Å². The van der Waals surface area contributed by atoms with E-state index in [0.29, 0.717) is 11.7 Å². The number of aliphatic hydroxyl groups excluding tert-OH is 12. The van der Waals surface area contributed by atoms with Gasteiger partial charge in [0.1, 0.15) is 110 Å². The molecular weight excluding hydrogens is 2050 g/mol. The van der Waals surface area contributed by atoms with E-state index in [0.717, 1.165) is 44.1 Å². The number of anilines is 2. The molecule has 5 aliphatic heterocycles. The molecule has 2 aromatic carbocycles. The number of carbonyl (C=O) groups is 7. The summed E-state index contributed by atoms with van der Waals surface area (Å²) in [6, 6.07) is 5.65. The fourth-order valence-electron chi connectivity index (χ4n) is 13.9. The summed E-state index contributed by atoms with van der Waals surface area (Å²) < 4.78 is 272. The first-order valence-electron chi connectivity index (χ1n) is 40.5. The van der Waals surface area contributed by atoms with Crippen molar-refractivity contribution in [2.75, 3.05) is 109 Å². The molecule has 13 unspecified atom stereocenters. The highest BCUT2D eigenvalue weighted by molar-refractivity contribution is 8.77. The summed E-state index contributed by atoms with van der Waals surface area (Å²) >= 11 is 0. The average molecular weight is 2160 g/mol. The number of methoxy groups -OCH3 is 2. The van der Waals surface area contributed by atoms with Gasteiger partial charge in [0.2, 0.25) is 17.7 Å². The van der Waals surface area contributed by atoms with Crippen LogP contribution in [0.5, 0.6) is 0 Å². The second-order valence-electron chi connectivity index (χ2n) is 30.7. The van der Waals surface area contributed by atoms with Crippen LogP contribution in [0, 0.1) is 0 Å². The maximum absolute atomic E-state index is 13.8. The van der Waals surface area contributed by atoms with Crippen molar-refractivity contribution in [2.24, 2.45) is 0 Å². The van der Waals surface area contributed by atoms with Crippen LogP contribution < -0.4 is 41.3 Å². The average Bonchev–Trinajstić information content (AvgIpc) is 0.838. The van der Waals surface area contributed by atoms with Gasteiger partial charge >= 0.3 is 74.1 Å². The molecule has 0 saturated carbocycles. The van der Waals surface area contributed by atoms with Crippen LogP contribution in [0.2, 0.25) is 0 Å². The van der Waals surface area contributed by atoms with E-state index in [2.05, 4.69) is 48.6 Å². The van der Waals surface area contributed by atoms with Gasteiger partial charge in [0, 0.05) is 93.4 Å². The first kappa shape index (κ1) is 118. The molecule has 5 fully saturated rings. The van der Waals surface area contributed by atoms with Crippen LogP contribution in [0.15, 0.2) is 48.5 Å². The van der Waals surface area contributed by atoms with Crippen LogP contribution in [0.25, 0.3) is 0 Å². The molecule has 5 amide bonds. The molecule has 138 heavy (non-hydrogen) atoms. The molecular formula is C68H107N9O53S8. The molecule has 0 bridgehead atoms. The molecule has 29 atom stereocenters. The molecule has 5 aliphatic rings. The zero-order valence-electron chi connectivity index (χ0n) is 71.7. The van der Waals surface area contributed by atoms with Crippen LogP contribution in [-0.2, 0) is 150 Å². The summed E-state index contributed by atoms with van der Waals surface area (Å²) in [4.78, 5) is 92.6. The molecule has 2 aromatic rings. The second-order valence-corrected chi connectivity index (χ2v) is 40.1. The third-order valence-electron chi connectivity index (χ3n) is 20.7. The smallest absolute Gasteiger partial charge is 0.397 e. The molecule has 0 aromatic heterocycles. The molecule has 790 valence electrons. The number of nitrogens with one attached hydrogen (secondary N) is 8. The number of nitrogens with zero attached hydrogens (tertiary/aromatic N) is 1. The van der Waals surface area contributed by atoms with Gasteiger partial charge in [-0.25, -0.2) is 26.3 Å². The molecule has 7 rings (SSSR count). The summed E-state index contributed by atoms with van der Waals surface area (Å²) in [6.45, 7) is -8.72. The normalized spacial score (nSPS) is 28.6. The van der Waals surface area contributed by atoms with Crippen molar-refractivity contribution >= 4 is 137 Å². The Morgan fingerprint density at radius 3 is 1.20 bits per heavy atom. The van der Waals surface area contributed by atoms with Crippen molar-refractivity contribution < 1.29 is 247 Å². The summed E-state index contributed by atoms with van der Waals surface area (Å²) in [7, 11) is -27.6. The minimum Gasteiger partial charge on any atom is -0.479 e. The minimum atomic E-state index is -5.77. The van der Waals surface area contributed by atoms with Gasteiger partial charge in [0.15, 0.2) is 49.6 Å². The quantitative estimate of drug-likeness (QED) is 0.0166. The predicted octanol–water partition coefficient (Wildman–Crippen LogP) is -12.8. The first-order valence-corrected chi connectivity index (χ1v) is 51.2. The van der Waals surface area contributed by atoms with E-state index in [1.807, 2.05) is 0 Å². The number of amides is 5. The van der Waals surface area contributed by atoms with Gasteiger partial charge in [-0.3, -0.25) is 51.3 Å². The van der Waals surface area contributed by atoms with Crippen molar-refractivity contribution in [3.8, 4) is 0 Å². The monoisotopic (exact) mass is 2150 g/mol. The van der Waals surface area contributed by atoms with Crippen molar-refractivity contribution in [3.05, 3.63) is 59.7 Å². The number of benzene rings is 2. The summed E-state index contributed by atoms with van der Waals surface area (Å²) in [6.07, 6.45) is -58.4. The van der Waals surface area contributed by atoms with E-state index in [-0.39, 0.29) is 55.1 Å².